The van der Waals surface area contributed by atoms with Crippen molar-refractivity contribution in [1.82, 2.24) is 14.5 Å². The van der Waals surface area contributed by atoms with Gasteiger partial charge in [-0.15, -0.1) is 11.6 Å². The monoisotopic (exact) mass is 343 g/mol. The minimum atomic E-state index is 0.0967. The van der Waals surface area contributed by atoms with Crippen molar-refractivity contribution in [1.29, 1.82) is 0 Å². The number of carbonyl (C=O) groups is 1. The summed E-state index contributed by atoms with van der Waals surface area (Å²) in [6.07, 6.45) is 0.443. The molecule has 2 aromatic rings. The summed E-state index contributed by atoms with van der Waals surface area (Å²) in [5.41, 5.74) is 1.90. The Morgan fingerprint density at radius 3 is 2.84 bits per heavy atom. The Morgan fingerprint density at radius 2 is 2.21 bits per heavy atom. The van der Waals surface area contributed by atoms with Crippen LogP contribution >= 0.6 is 27.5 Å². The van der Waals surface area contributed by atoms with E-state index < -0.39 is 0 Å². The van der Waals surface area contributed by atoms with Crippen LogP contribution in [0.2, 0.25) is 0 Å². The van der Waals surface area contributed by atoms with E-state index in [0.29, 0.717) is 18.8 Å². The number of nitrogens with zero attached hydrogens (tertiary/aromatic N) is 3. The SMILES string of the molecule is CN(C)C(=O)CCn1c(CCl)nc2cc(Br)ccc21. The van der Waals surface area contributed by atoms with E-state index in [1.165, 1.54) is 0 Å². The maximum Gasteiger partial charge on any atom is 0.223 e. The zero-order chi connectivity index (χ0) is 14.0. The fourth-order valence-corrected chi connectivity index (χ4v) is 2.49. The number of amides is 1. The van der Waals surface area contributed by atoms with Crippen molar-refractivity contribution < 1.29 is 4.79 Å². The highest BCUT2D eigenvalue weighted by molar-refractivity contribution is 9.10. The van der Waals surface area contributed by atoms with Crippen LogP contribution < -0.4 is 0 Å². The number of alkyl halides is 1. The Balaban J connectivity index is 2.33. The molecule has 0 saturated heterocycles. The first-order valence-electron chi connectivity index (χ1n) is 5.93. The van der Waals surface area contributed by atoms with Crippen LogP contribution in [-0.4, -0.2) is 34.5 Å². The minimum Gasteiger partial charge on any atom is -0.349 e. The number of fused-ring (bicyclic) bond motifs is 1. The summed E-state index contributed by atoms with van der Waals surface area (Å²) in [5, 5.41) is 0. The second-order valence-corrected chi connectivity index (χ2v) is 5.67. The highest BCUT2D eigenvalue weighted by Crippen LogP contribution is 2.22. The van der Waals surface area contributed by atoms with Gasteiger partial charge < -0.3 is 9.47 Å². The van der Waals surface area contributed by atoms with Crippen molar-refractivity contribution in [2.45, 2.75) is 18.8 Å². The van der Waals surface area contributed by atoms with Crippen molar-refractivity contribution >= 4 is 44.5 Å². The van der Waals surface area contributed by atoms with E-state index in [2.05, 4.69) is 20.9 Å². The molecule has 0 aliphatic heterocycles. The molecule has 6 heteroatoms. The highest BCUT2D eigenvalue weighted by atomic mass is 79.9. The summed E-state index contributed by atoms with van der Waals surface area (Å²) in [5.74, 6) is 1.23. The molecular formula is C13H15BrClN3O. The average molecular weight is 345 g/mol. The summed E-state index contributed by atoms with van der Waals surface area (Å²) in [7, 11) is 3.52. The molecule has 1 heterocycles. The largest absolute Gasteiger partial charge is 0.349 e. The van der Waals surface area contributed by atoms with Gasteiger partial charge in [-0.3, -0.25) is 4.79 Å². The summed E-state index contributed by atoms with van der Waals surface area (Å²) < 4.78 is 2.99. The lowest BCUT2D eigenvalue weighted by atomic mass is 10.3. The maximum absolute atomic E-state index is 11.7. The maximum atomic E-state index is 11.7. The van der Waals surface area contributed by atoms with E-state index in [1.54, 1.807) is 19.0 Å². The van der Waals surface area contributed by atoms with Gasteiger partial charge in [0, 0.05) is 31.5 Å². The molecule has 2 rings (SSSR count). The van der Waals surface area contributed by atoms with Gasteiger partial charge >= 0.3 is 0 Å². The van der Waals surface area contributed by atoms with E-state index in [1.807, 2.05) is 22.8 Å². The fraction of sp³-hybridized carbons (Fsp3) is 0.385. The van der Waals surface area contributed by atoms with Gasteiger partial charge in [-0.05, 0) is 18.2 Å². The quantitative estimate of drug-likeness (QED) is 0.800. The van der Waals surface area contributed by atoms with E-state index in [4.69, 9.17) is 11.6 Å². The molecule has 0 spiro atoms. The van der Waals surface area contributed by atoms with Gasteiger partial charge in [0.15, 0.2) is 0 Å². The molecule has 1 aromatic heterocycles. The van der Waals surface area contributed by atoms with Gasteiger partial charge in [-0.2, -0.15) is 0 Å². The second kappa shape index (κ2) is 5.92. The number of carbonyl (C=O) groups excluding carboxylic acids is 1. The predicted molar refractivity (Wildman–Crippen MR) is 80.3 cm³/mol. The van der Waals surface area contributed by atoms with Crippen LogP contribution in [0.15, 0.2) is 22.7 Å². The summed E-state index contributed by atoms with van der Waals surface area (Å²) >= 11 is 9.36. The molecule has 0 aliphatic carbocycles. The Bertz CT molecular complexity index is 609. The van der Waals surface area contributed by atoms with Gasteiger partial charge in [-0.25, -0.2) is 4.98 Å². The van der Waals surface area contributed by atoms with Crippen LogP contribution in [0.5, 0.6) is 0 Å². The summed E-state index contributed by atoms with van der Waals surface area (Å²) in [4.78, 5) is 17.8. The van der Waals surface area contributed by atoms with E-state index in [0.717, 1.165) is 21.3 Å². The lowest BCUT2D eigenvalue weighted by Crippen LogP contribution is -2.23. The normalized spacial score (nSPS) is 10.9. The molecule has 0 fully saturated rings. The first kappa shape index (κ1) is 14.3. The van der Waals surface area contributed by atoms with E-state index in [-0.39, 0.29) is 5.91 Å². The highest BCUT2D eigenvalue weighted by Gasteiger charge is 2.12. The number of halogens is 2. The molecule has 4 nitrogen and oxygen atoms in total. The van der Waals surface area contributed by atoms with Gasteiger partial charge in [-0.1, -0.05) is 15.9 Å². The summed E-state index contributed by atoms with van der Waals surface area (Å²) in [6.45, 7) is 0.594. The van der Waals surface area contributed by atoms with Crippen molar-refractivity contribution in [3.05, 3.63) is 28.5 Å². The molecule has 0 unspecified atom stereocenters. The van der Waals surface area contributed by atoms with Crippen molar-refractivity contribution in [2.24, 2.45) is 0 Å². The van der Waals surface area contributed by atoms with Crippen molar-refractivity contribution in [3.63, 3.8) is 0 Å². The van der Waals surface area contributed by atoms with Crippen LogP contribution in [-0.2, 0) is 17.2 Å². The second-order valence-electron chi connectivity index (χ2n) is 4.48. The van der Waals surface area contributed by atoms with Gasteiger partial charge in [0.25, 0.3) is 0 Å². The van der Waals surface area contributed by atoms with Crippen molar-refractivity contribution in [3.8, 4) is 0 Å². The Hall–Kier alpha value is -1.07. The van der Waals surface area contributed by atoms with Crippen LogP contribution in [0.1, 0.15) is 12.2 Å². The number of imidazole rings is 1. The third kappa shape index (κ3) is 3.09. The van der Waals surface area contributed by atoms with E-state index >= 15 is 0 Å². The number of benzene rings is 1. The van der Waals surface area contributed by atoms with Gasteiger partial charge in [0.1, 0.15) is 5.82 Å². The topological polar surface area (TPSA) is 38.1 Å². The number of hydrogen-bond donors (Lipinski definition) is 0. The third-order valence-corrected chi connectivity index (χ3v) is 3.69. The number of rotatable bonds is 4. The molecule has 0 bridgehead atoms. The first-order chi connectivity index (χ1) is 9.02. The Kier molecular flexibility index (Phi) is 4.47. The molecule has 102 valence electrons. The fourth-order valence-electron chi connectivity index (χ4n) is 1.94. The molecule has 0 saturated carbocycles. The lowest BCUT2D eigenvalue weighted by Gasteiger charge is -2.12. The first-order valence-corrected chi connectivity index (χ1v) is 7.26. The Labute approximate surface area is 125 Å². The van der Waals surface area contributed by atoms with E-state index in [9.17, 15) is 4.79 Å². The lowest BCUT2D eigenvalue weighted by molar-refractivity contribution is -0.128. The molecule has 19 heavy (non-hydrogen) atoms. The number of aromatic nitrogens is 2. The third-order valence-electron chi connectivity index (χ3n) is 2.96. The molecule has 0 aliphatic rings. The zero-order valence-electron chi connectivity index (χ0n) is 10.9. The van der Waals surface area contributed by atoms with Gasteiger partial charge in [0.2, 0.25) is 5.91 Å². The summed E-state index contributed by atoms with van der Waals surface area (Å²) in [6, 6.07) is 5.91. The number of hydrogen-bond acceptors (Lipinski definition) is 2. The van der Waals surface area contributed by atoms with Gasteiger partial charge in [0.05, 0.1) is 16.9 Å². The smallest absolute Gasteiger partial charge is 0.223 e. The molecular weight excluding hydrogens is 330 g/mol. The standard InChI is InChI=1S/C13H15BrClN3O/c1-17(2)13(19)5-6-18-11-4-3-9(14)7-10(11)16-12(18)8-15/h3-4,7H,5-6,8H2,1-2H3. The van der Waals surface area contributed by atoms with Crippen LogP contribution in [0.25, 0.3) is 11.0 Å². The average Bonchev–Trinajstić information content (AvgIpc) is 2.72. The molecule has 0 radical (unpaired) electrons. The molecule has 0 N–H and O–H groups in total. The zero-order valence-corrected chi connectivity index (χ0v) is 13.2. The molecule has 0 atom stereocenters. The minimum absolute atomic E-state index is 0.0967. The van der Waals surface area contributed by atoms with Crippen LogP contribution in [0.3, 0.4) is 0 Å². The van der Waals surface area contributed by atoms with Crippen LogP contribution in [0.4, 0.5) is 0 Å². The predicted octanol–water partition coefficient (Wildman–Crippen LogP) is 3.02. The Morgan fingerprint density at radius 1 is 1.47 bits per heavy atom. The molecule has 1 aromatic carbocycles. The van der Waals surface area contributed by atoms with Crippen LogP contribution in [0, 0.1) is 0 Å². The molecule has 1 amide bonds. The number of aryl methyl sites for hydroxylation is 1. The van der Waals surface area contributed by atoms with Crippen molar-refractivity contribution in [2.75, 3.05) is 14.1 Å².